The zero-order valence-electron chi connectivity index (χ0n) is 11.0. The highest BCUT2D eigenvalue weighted by Crippen LogP contribution is 2.30. The van der Waals surface area contributed by atoms with Gasteiger partial charge < -0.3 is 14.9 Å². The lowest BCUT2D eigenvalue weighted by Gasteiger charge is -2.13. The summed E-state index contributed by atoms with van der Waals surface area (Å²) in [7, 11) is 0. The van der Waals surface area contributed by atoms with E-state index in [4.69, 9.17) is 9.84 Å². The van der Waals surface area contributed by atoms with Crippen LogP contribution in [0.3, 0.4) is 0 Å². The van der Waals surface area contributed by atoms with Crippen molar-refractivity contribution < 1.29 is 19.7 Å². The molecule has 1 unspecified atom stereocenters. The van der Waals surface area contributed by atoms with Gasteiger partial charge in [0.05, 0.1) is 5.92 Å². The molecule has 0 fully saturated rings. The fourth-order valence-electron chi connectivity index (χ4n) is 1.50. The van der Waals surface area contributed by atoms with Crippen molar-refractivity contribution in [3.05, 3.63) is 18.2 Å². The molecule has 100 valence electrons. The lowest BCUT2D eigenvalue weighted by Crippen LogP contribution is -2.18. The van der Waals surface area contributed by atoms with Crippen molar-refractivity contribution in [1.82, 2.24) is 0 Å². The number of carbonyl (C=O) groups is 1. The molecule has 0 saturated heterocycles. The third-order valence-electron chi connectivity index (χ3n) is 2.73. The zero-order chi connectivity index (χ0) is 13.7. The zero-order valence-corrected chi connectivity index (χ0v) is 11.0. The quantitative estimate of drug-likeness (QED) is 0.624. The van der Waals surface area contributed by atoms with Gasteiger partial charge in [-0.05, 0) is 24.5 Å². The summed E-state index contributed by atoms with van der Waals surface area (Å²) in [4.78, 5) is 11.8. The summed E-state index contributed by atoms with van der Waals surface area (Å²) < 4.78 is 5.09. The van der Waals surface area contributed by atoms with Gasteiger partial charge in [-0.15, -0.1) is 0 Å². The van der Waals surface area contributed by atoms with Gasteiger partial charge in [0, 0.05) is 6.07 Å². The topological polar surface area (TPSA) is 66.8 Å². The van der Waals surface area contributed by atoms with Crippen LogP contribution < -0.4 is 4.74 Å². The van der Waals surface area contributed by atoms with Crippen molar-refractivity contribution in [3.8, 4) is 17.2 Å². The molecule has 4 heteroatoms. The number of phenolic OH excluding ortho intramolecular Hbond substituents is 2. The Balaban J connectivity index is 2.58. The maximum absolute atomic E-state index is 11.8. The number of rotatable bonds is 5. The van der Waals surface area contributed by atoms with Crippen LogP contribution in [0, 0.1) is 11.8 Å². The second kappa shape index (κ2) is 6.28. The molecule has 1 atom stereocenters. The maximum Gasteiger partial charge on any atom is 0.314 e. The van der Waals surface area contributed by atoms with Crippen LogP contribution in [-0.2, 0) is 4.79 Å². The molecular weight excluding hydrogens is 232 g/mol. The minimum Gasteiger partial charge on any atom is -0.508 e. The Labute approximate surface area is 107 Å². The third kappa shape index (κ3) is 4.28. The normalized spacial score (nSPS) is 12.4. The molecule has 2 N–H and O–H groups in total. The first-order chi connectivity index (χ1) is 8.40. The van der Waals surface area contributed by atoms with E-state index in [1.54, 1.807) is 0 Å². The van der Waals surface area contributed by atoms with Gasteiger partial charge in [0.2, 0.25) is 0 Å². The number of benzene rings is 1. The molecule has 0 radical (unpaired) electrons. The maximum atomic E-state index is 11.8. The summed E-state index contributed by atoms with van der Waals surface area (Å²) in [5.74, 6) is -0.256. The molecule has 18 heavy (non-hydrogen) atoms. The van der Waals surface area contributed by atoms with Crippen molar-refractivity contribution in [2.24, 2.45) is 11.8 Å². The van der Waals surface area contributed by atoms with E-state index in [1.165, 1.54) is 12.1 Å². The predicted octanol–water partition coefficient (Wildman–Crippen LogP) is 3.08. The summed E-state index contributed by atoms with van der Waals surface area (Å²) in [6.45, 7) is 6.01. The van der Waals surface area contributed by atoms with Gasteiger partial charge in [0.25, 0.3) is 0 Å². The molecule has 0 heterocycles. The Bertz CT molecular complexity index is 412. The van der Waals surface area contributed by atoms with Gasteiger partial charge in [-0.1, -0.05) is 27.2 Å². The van der Waals surface area contributed by atoms with Crippen LogP contribution in [0.1, 0.15) is 33.6 Å². The number of esters is 1. The second-order valence-corrected chi connectivity index (χ2v) is 4.95. The van der Waals surface area contributed by atoms with Crippen molar-refractivity contribution in [2.45, 2.75) is 33.6 Å². The summed E-state index contributed by atoms with van der Waals surface area (Å²) >= 11 is 0. The predicted molar refractivity (Wildman–Crippen MR) is 68.6 cm³/mol. The molecule has 1 aromatic rings. The Morgan fingerprint density at radius 3 is 2.44 bits per heavy atom. The summed E-state index contributed by atoms with van der Waals surface area (Å²) in [5, 5.41) is 18.6. The van der Waals surface area contributed by atoms with E-state index in [1.807, 2.05) is 6.92 Å². The highest BCUT2D eigenvalue weighted by atomic mass is 16.5. The van der Waals surface area contributed by atoms with E-state index in [-0.39, 0.29) is 29.1 Å². The summed E-state index contributed by atoms with van der Waals surface area (Å²) in [5.41, 5.74) is 0. The number of hydrogen-bond acceptors (Lipinski definition) is 4. The molecule has 1 rings (SSSR count). The molecule has 0 aliphatic carbocycles. The molecule has 0 aliphatic heterocycles. The van der Waals surface area contributed by atoms with Crippen LogP contribution in [0.25, 0.3) is 0 Å². The van der Waals surface area contributed by atoms with Crippen LogP contribution in [0.15, 0.2) is 18.2 Å². The van der Waals surface area contributed by atoms with Crippen molar-refractivity contribution in [2.75, 3.05) is 0 Å². The molecular formula is C14H20O4. The van der Waals surface area contributed by atoms with E-state index in [9.17, 15) is 9.90 Å². The van der Waals surface area contributed by atoms with Crippen LogP contribution >= 0.6 is 0 Å². The lowest BCUT2D eigenvalue weighted by atomic mass is 9.99. The molecule has 1 aromatic carbocycles. The number of carbonyl (C=O) groups excluding carboxylic acids is 1. The third-order valence-corrected chi connectivity index (χ3v) is 2.73. The van der Waals surface area contributed by atoms with Crippen LogP contribution in [0.4, 0.5) is 0 Å². The molecule has 0 spiro atoms. The van der Waals surface area contributed by atoms with E-state index in [0.29, 0.717) is 5.92 Å². The van der Waals surface area contributed by atoms with Gasteiger partial charge >= 0.3 is 5.97 Å². The number of phenols is 2. The van der Waals surface area contributed by atoms with Gasteiger partial charge in [0.15, 0.2) is 11.5 Å². The van der Waals surface area contributed by atoms with Crippen LogP contribution in [0.2, 0.25) is 0 Å². The minimum absolute atomic E-state index is 0.0693. The number of aromatic hydroxyl groups is 2. The highest BCUT2D eigenvalue weighted by molar-refractivity contribution is 5.75. The van der Waals surface area contributed by atoms with E-state index >= 15 is 0 Å². The number of hydrogen-bond donors (Lipinski definition) is 2. The van der Waals surface area contributed by atoms with Crippen LogP contribution in [-0.4, -0.2) is 16.2 Å². The monoisotopic (exact) mass is 252 g/mol. The first-order valence-electron chi connectivity index (χ1n) is 6.13. The van der Waals surface area contributed by atoms with Gasteiger partial charge in [0.1, 0.15) is 5.75 Å². The van der Waals surface area contributed by atoms with Gasteiger partial charge in [-0.3, -0.25) is 4.79 Å². The summed E-state index contributed by atoms with van der Waals surface area (Å²) in [6.07, 6.45) is 1.72. The average Bonchev–Trinajstić information content (AvgIpc) is 2.29. The van der Waals surface area contributed by atoms with Crippen molar-refractivity contribution in [1.29, 1.82) is 0 Å². The van der Waals surface area contributed by atoms with Gasteiger partial charge in [-0.2, -0.15) is 0 Å². The molecule has 4 nitrogen and oxygen atoms in total. The van der Waals surface area contributed by atoms with Crippen molar-refractivity contribution >= 4 is 5.97 Å². The second-order valence-electron chi connectivity index (χ2n) is 4.95. The van der Waals surface area contributed by atoms with E-state index in [2.05, 4.69) is 13.8 Å². The van der Waals surface area contributed by atoms with E-state index in [0.717, 1.165) is 18.9 Å². The van der Waals surface area contributed by atoms with Crippen LogP contribution in [0.5, 0.6) is 17.2 Å². The highest BCUT2D eigenvalue weighted by Gasteiger charge is 2.17. The van der Waals surface area contributed by atoms with Gasteiger partial charge in [-0.25, -0.2) is 0 Å². The smallest absolute Gasteiger partial charge is 0.314 e. The fraction of sp³-hybridized carbons (Fsp3) is 0.500. The summed E-state index contributed by atoms with van der Waals surface area (Å²) in [6, 6.07) is 3.88. The largest absolute Gasteiger partial charge is 0.508 e. The molecule has 0 aromatic heterocycles. The Morgan fingerprint density at radius 1 is 1.22 bits per heavy atom. The minimum atomic E-state index is -0.364. The Hall–Kier alpha value is -1.71. The van der Waals surface area contributed by atoms with E-state index < -0.39 is 0 Å². The number of ether oxygens (including phenoxy) is 1. The SMILES string of the molecule is CC(C)CCC(C)C(=O)Oc1ccc(O)cc1O. The Morgan fingerprint density at radius 2 is 1.89 bits per heavy atom. The molecule has 0 bridgehead atoms. The van der Waals surface area contributed by atoms with Crippen molar-refractivity contribution in [3.63, 3.8) is 0 Å². The average molecular weight is 252 g/mol. The molecule has 0 amide bonds. The molecule has 0 saturated carbocycles. The standard InChI is InChI=1S/C14H20O4/c1-9(2)4-5-10(3)14(17)18-13-7-6-11(15)8-12(13)16/h6-10,15-16H,4-5H2,1-3H3. The molecule has 0 aliphatic rings. The first-order valence-corrected chi connectivity index (χ1v) is 6.13. The Kier molecular flexibility index (Phi) is 5.01. The fourth-order valence-corrected chi connectivity index (χ4v) is 1.50. The first kappa shape index (κ1) is 14.4. The lowest BCUT2D eigenvalue weighted by molar-refractivity contribution is -0.138.